The summed E-state index contributed by atoms with van der Waals surface area (Å²) in [5, 5.41) is 6.95. The molecule has 0 saturated carbocycles. The van der Waals surface area contributed by atoms with Crippen molar-refractivity contribution in [1.82, 2.24) is 24.5 Å². The molecule has 0 atom stereocenters. The molecule has 3 heterocycles. The number of amides is 1. The summed E-state index contributed by atoms with van der Waals surface area (Å²) in [6.45, 7) is 4.25. The first kappa shape index (κ1) is 15.0. The number of hydrogen-bond acceptors (Lipinski definition) is 4. The molecule has 0 aromatic carbocycles. The summed E-state index contributed by atoms with van der Waals surface area (Å²) in [5.41, 5.74) is 2.47. The van der Waals surface area contributed by atoms with Gasteiger partial charge in [0.05, 0.1) is 17.9 Å². The van der Waals surface area contributed by atoms with Gasteiger partial charge in [0.2, 0.25) is 0 Å². The van der Waals surface area contributed by atoms with Crippen LogP contribution in [0.1, 0.15) is 21.9 Å². The van der Waals surface area contributed by atoms with Crippen LogP contribution in [0.3, 0.4) is 0 Å². The predicted molar refractivity (Wildman–Crippen MR) is 85.5 cm³/mol. The van der Waals surface area contributed by atoms with E-state index in [1.807, 2.05) is 25.1 Å². The normalized spacial score (nSPS) is 10.9. The third-order valence-corrected chi connectivity index (χ3v) is 3.53. The van der Waals surface area contributed by atoms with Gasteiger partial charge < -0.3 is 5.32 Å². The van der Waals surface area contributed by atoms with Gasteiger partial charge in [0.25, 0.3) is 11.5 Å². The van der Waals surface area contributed by atoms with E-state index in [2.05, 4.69) is 15.4 Å². The van der Waals surface area contributed by atoms with Gasteiger partial charge in [-0.05, 0) is 32.0 Å². The minimum atomic E-state index is -0.220. The van der Waals surface area contributed by atoms with E-state index in [1.165, 1.54) is 10.7 Å². The zero-order chi connectivity index (χ0) is 16.4. The number of rotatable bonds is 4. The molecule has 3 aromatic heterocycles. The Morgan fingerprint density at radius 1 is 1.22 bits per heavy atom. The van der Waals surface area contributed by atoms with Crippen molar-refractivity contribution in [2.24, 2.45) is 0 Å². The average Bonchev–Trinajstić information content (AvgIpc) is 2.86. The van der Waals surface area contributed by atoms with Crippen LogP contribution in [-0.2, 0) is 6.54 Å². The Morgan fingerprint density at radius 2 is 2.04 bits per heavy atom. The largest absolute Gasteiger partial charge is 0.349 e. The van der Waals surface area contributed by atoms with Crippen molar-refractivity contribution in [3.8, 4) is 0 Å². The lowest BCUT2D eigenvalue weighted by Gasteiger charge is -2.07. The van der Waals surface area contributed by atoms with Gasteiger partial charge in [-0.3, -0.25) is 14.0 Å². The minimum absolute atomic E-state index is 0.184. The molecule has 1 N–H and O–H groups in total. The molecule has 0 saturated heterocycles. The minimum Gasteiger partial charge on any atom is -0.349 e. The van der Waals surface area contributed by atoms with E-state index in [0.29, 0.717) is 24.5 Å². The molecule has 7 nitrogen and oxygen atoms in total. The van der Waals surface area contributed by atoms with Crippen molar-refractivity contribution in [1.29, 1.82) is 0 Å². The molecule has 1 amide bonds. The molecule has 0 radical (unpaired) electrons. The highest BCUT2D eigenvalue weighted by Gasteiger charge is 2.15. The third-order valence-electron chi connectivity index (χ3n) is 3.53. The molecule has 0 unspecified atom stereocenters. The second kappa shape index (κ2) is 6.04. The summed E-state index contributed by atoms with van der Waals surface area (Å²) < 4.78 is 3.10. The van der Waals surface area contributed by atoms with Crippen molar-refractivity contribution in [3.63, 3.8) is 0 Å². The van der Waals surface area contributed by atoms with Gasteiger partial charge >= 0.3 is 0 Å². The second-order valence-corrected chi connectivity index (χ2v) is 5.27. The lowest BCUT2D eigenvalue weighted by atomic mass is 10.3. The van der Waals surface area contributed by atoms with E-state index in [0.717, 1.165) is 11.3 Å². The molecule has 0 aliphatic rings. The SMILES string of the molecule is Cc1ccc(=O)n(CCNC(=O)c2c(C)nc3ccccn23)n1. The number of carbonyl (C=O) groups is 1. The molecule has 3 rings (SSSR count). The maximum absolute atomic E-state index is 12.4. The van der Waals surface area contributed by atoms with E-state index < -0.39 is 0 Å². The van der Waals surface area contributed by atoms with Crippen LogP contribution in [-0.4, -0.2) is 31.6 Å². The van der Waals surface area contributed by atoms with Gasteiger partial charge in [0.15, 0.2) is 0 Å². The van der Waals surface area contributed by atoms with Gasteiger partial charge in [-0.15, -0.1) is 0 Å². The van der Waals surface area contributed by atoms with E-state index in [-0.39, 0.29) is 11.5 Å². The number of nitrogens with one attached hydrogen (secondary N) is 1. The lowest BCUT2D eigenvalue weighted by molar-refractivity contribution is 0.0945. The highest BCUT2D eigenvalue weighted by Crippen LogP contribution is 2.11. The Kier molecular flexibility index (Phi) is 3.92. The van der Waals surface area contributed by atoms with Crippen LogP contribution in [0.25, 0.3) is 5.65 Å². The number of pyridine rings is 1. The fraction of sp³-hybridized carbons (Fsp3) is 0.250. The summed E-state index contributed by atoms with van der Waals surface area (Å²) in [6, 6.07) is 8.71. The van der Waals surface area contributed by atoms with E-state index in [1.54, 1.807) is 23.6 Å². The number of nitrogens with zero attached hydrogens (tertiary/aromatic N) is 4. The third kappa shape index (κ3) is 2.98. The van der Waals surface area contributed by atoms with Crippen LogP contribution in [0, 0.1) is 13.8 Å². The molecule has 0 aliphatic heterocycles. The van der Waals surface area contributed by atoms with Gasteiger partial charge in [-0.2, -0.15) is 5.10 Å². The van der Waals surface area contributed by atoms with E-state index in [9.17, 15) is 9.59 Å². The highest BCUT2D eigenvalue weighted by molar-refractivity contribution is 5.94. The Labute approximate surface area is 132 Å². The van der Waals surface area contributed by atoms with Crippen LogP contribution < -0.4 is 10.9 Å². The van der Waals surface area contributed by atoms with Gasteiger partial charge in [-0.1, -0.05) is 6.07 Å². The number of carbonyl (C=O) groups excluding carboxylic acids is 1. The number of aromatic nitrogens is 4. The van der Waals surface area contributed by atoms with Crippen molar-refractivity contribution in [2.45, 2.75) is 20.4 Å². The van der Waals surface area contributed by atoms with E-state index in [4.69, 9.17) is 0 Å². The standard InChI is InChI=1S/C16H17N5O2/c1-11-6-7-14(22)21(19-11)10-8-17-16(23)15-12(2)18-13-5-3-4-9-20(13)15/h3-7,9H,8,10H2,1-2H3,(H,17,23). The van der Waals surface area contributed by atoms with Gasteiger partial charge in [0.1, 0.15) is 11.3 Å². The Balaban J connectivity index is 1.73. The summed E-state index contributed by atoms with van der Waals surface area (Å²) in [7, 11) is 0. The molecule has 7 heteroatoms. The summed E-state index contributed by atoms with van der Waals surface area (Å²) in [4.78, 5) is 28.4. The fourth-order valence-corrected chi connectivity index (χ4v) is 2.46. The first-order valence-corrected chi connectivity index (χ1v) is 7.33. The maximum atomic E-state index is 12.4. The number of aryl methyl sites for hydroxylation is 2. The van der Waals surface area contributed by atoms with Crippen molar-refractivity contribution in [3.05, 3.63) is 64.0 Å². The molecule has 118 valence electrons. The van der Waals surface area contributed by atoms with Crippen molar-refractivity contribution >= 4 is 11.6 Å². The monoisotopic (exact) mass is 311 g/mol. The molecular formula is C16H17N5O2. The molecule has 0 spiro atoms. The molecule has 0 aliphatic carbocycles. The topological polar surface area (TPSA) is 81.3 Å². The first-order chi connectivity index (χ1) is 11.1. The average molecular weight is 311 g/mol. The van der Waals surface area contributed by atoms with Crippen LogP contribution in [0.5, 0.6) is 0 Å². The lowest BCUT2D eigenvalue weighted by Crippen LogP contribution is -2.32. The number of imidazole rings is 1. The Morgan fingerprint density at radius 3 is 2.87 bits per heavy atom. The molecule has 23 heavy (non-hydrogen) atoms. The van der Waals surface area contributed by atoms with Gasteiger partial charge in [0, 0.05) is 18.8 Å². The van der Waals surface area contributed by atoms with Crippen LogP contribution >= 0.6 is 0 Å². The van der Waals surface area contributed by atoms with Crippen LogP contribution in [0.15, 0.2) is 41.3 Å². The van der Waals surface area contributed by atoms with Crippen molar-refractivity contribution < 1.29 is 4.79 Å². The Hall–Kier alpha value is -2.96. The van der Waals surface area contributed by atoms with Crippen LogP contribution in [0.2, 0.25) is 0 Å². The smallest absolute Gasteiger partial charge is 0.270 e. The first-order valence-electron chi connectivity index (χ1n) is 7.33. The van der Waals surface area contributed by atoms with Crippen molar-refractivity contribution in [2.75, 3.05) is 6.54 Å². The second-order valence-electron chi connectivity index (χ2n) is 5.27. The summed E-state index contributed by atoms with van der Waals surface area (Å²) >= 11 is 0. The fourth-order valence-electron chi connectivity index (χ4n) is 2.46. The molecule has 3 aromatic rings. The molecule has 0 fully saturated rings. The van der Waals surface area contributed by atoms with E-state index >= 15 is 0 Å². The Bertz CT molecular complexity index is 926. The zero-order valence-electron chi connectivity index (χ0n) is 13.0. The number of hydrogen-bond donors (Lipinski definition) is 1. The number of fused-ring (bicyclic) bond motifs is 1. The zero-order valence-corrected chi connectivity index (χ0v) is 13.0. The summed E-state index contributed by atoms with van der Waals surface area (Å²) in [6.07, 6.45) is 1.80. The quantitative estimate of drug-likeness (QED) is 0.777. The predicted octanol–water partition coefficient (Wildman–Crippen LogP) is 0.938. The van der Waals surface area contributed by atoms with Gasteiger partial charge in [-0.25, -0.2) is 9.67 Å². The summed E-state index contributed by atoms with van der Waals surface area (Å²) in [5.74, 6) is -0.220. The molecule has 0 bridgehead atoms. The molecular weight excluding hydrogens is 294 g/mol. The highest BCUT2D eigenvalue weighted by atomic mass is 16.2. The maximum Gasteiger partial charge on any atom is 0.270 e. The van der Waals surface area contributed by atoms with Crippen LogP contribution in [0.4, 0.5) is 0 Å².